The number of carbonyl (C=O) groups is 2. The quantitative estimate of drug-likeness (QED) is 0.396. The molecule has 0 unspecified atom stereocenters. The van der Waals surface area contributed by atoms with Crippen molar-refractivity contribution in [3.63, 3.8) is 0 Å². The molecule has 0 radical (unpaired) electrons. The van der Waals surface area contributed by atoms with Gasteiger partial charge in [0.05, 0.1) is 12.2 Å². The molecule has 2 aromatic carbocycles. The Kier molecular flexibility index (Phi) is 6.52. The van der Waals surface area contributed by atoms with Crippen molar-refractivity contribution in [1.82, 2.24) is 20.6 Å². The van der Waals surface area contributed by atoms with E-state index in [-0.39, 0.29) is 24.3 Å². The second-order valence-corrected chi connectivity index (χ2v) is 8.86. The van der Waals surface area contributed by atoms with Crippen LogP contribution in [0.2, 0.25) is 0 Å². The smallest absolute Gasteiger partial charge is 0.328 e. The monoisotopic (exact) mass is 483 g/mol. The number of hydrogen-bond acceptors (Lipinski definition) is 5. The zero-order valence-electron chi connectivity index (χ0n) is 19.1. The van der Waals surface area contributed by atoms with Gasteiger partial charge in [0, 0.05) is 22.7 Å². The fourth-order valence-corrected chi connectivity index (χ4v) is 4.09. The van der Waals surface area contributed by atoms with E-state index in [9.17, 15) is 18.4 Å². The van der Waals surface area contributed by atoms with Gasteiger partial charge in [0.2, 0.25) is 0 Å². The van der Waals surface area contributed by atoms with E-state index in [0.717, 1.165) is 22.6 Å². The molecule has 0 fully saturated rings. The number of nitrogens with zero attached hydrogens (tertiary/aromatic N) is 3. The lowest BCUT2D eigenvalue weighted by Gasteiger charge is -2.30. The Labute approximate surface area is 200 Å². The third-order valence-electron chi connectivity index (χ3n) is 5.31. The molecule has 2 N–H and O–H groups in total. The maximum Gasteiger partial charge on any atom is 0.328 e. The van der Waals surface area contributed by atoms with Gasteiger partial charge in [0.15, 0.2) is 11.0 Å². The molecule has 3 aromatic rings. The third kappa shape index (κ3) is 4.33. The van der Waals surface area contributed by atoms with E-state index in [4.69, 9.17) is 0 Å². The molecule has 3 amide bonds. The van der Waals surface area contributed by atoms with E-state index >= 15 is 0 Å². The number of benzene rings is 2. The van der Waals surface area contributed by atoms with Crippen LogP contribution < -0.4 is 15.5 Å². The lowest BCUT2D eigenvalue weighted by Crippen LogP contribution is -2.43. The van der Waals surface area contributed by atoms with Crippen LogP contribution >= 0.6 is 11.8 Å². The van der Waals surface area contributed by atoms with Crippen LogP contribution in [0.3, 0.4) is 0 Å². The van der Waals surface area contributed by atoms with Crippen molar-refractivity contribution < 1.29 is 18.4 Å². The minimum atomic E-state index is -0.891. The molecular formula is C24H23F2N5O2S. The van der Waals surface area contributed by atoms with Crippen LogP contribution in [-0.2, 0) is 6.54 Å². The number of carbonyl (C=O) groups excluding carboxylic acids is 2. The van der Waals surface area contributed by atoms with E-state index in [1.807, 2.05) is 26.8 Å². The van der Waals surface area contributed by atoms with Crippen molar-refractivity contribution in [3.8, 4) is 11.3 Å². The third-order valence-corrected chi connectivity index (χ3v) is 5.86. The molecular weight excluding hydrogens is 460 g/mol. The number of thioether (sulfide) groups is 1. The number of urea groups is 1. The van der Waals surface area contributed by atoms with Crippen molar-refractivity contribution in [2.24, 2.45) is 0 Å². The summed E-state index contributed by atoms with van der Waals surface area (Å²) in [5.74, 6) is -1.92. The maximum atomic E-state index is 14.7. The summed E-state index contributed by atoms with van der Waals surface area (Å²) in [6.07, 6.45) is 1.77. The second kappa shape index (κ2) is 9.38. The van der Waals surface area contributed by atoms with Crippen LogP contribution in [0.1, 0.15) is 35.3 Å². The van der Waals surface area contributed by atoms with E-state index in [1.165, 1.54) is 17.8 Å². The number of nitrogens with one attached hydrogen (secondary N) is 2. The summed E-state index contributed by atoms with van der Waals surface area (Å²) >= 11 is 1.23. The summed E-state index contributed by atoms with van der Waals surface area (Å²) in [7, 11) is 0. The average Bonchev–Trinajstić information content (AvgIpc) is 2.79. The summed E-state index contributed by atoms with van der Waals surface area (Å²) in [5.41, 5.74) is 2.41. The molecule has 34 heavy (non-hydrogen) atoms. The predicted molar refractivity (Wildman–Crippen MR) is 127 cm³/mol. The summed E-state index contributed by atoms with van der Waals surface area (Å²) in [6.45, 7) is 5.68. The van der Waals surface area contributed by atoms with Crippen LogP contribution in [-0.4, -0.2) is 34.2 Å². The number of halogens is 2. The van der Waals surface area contributed by atoms with Crippen LogP contribution in [0.4, 0.5) is 25.1 Å². The highest BCUT2D eigenvalue weighted by Crippen LogP contribution is 2.39. The molecule has 1 aliphatic rings. The number of amides is 3. The molecule has 0 saturated carbocycles. The normalized spacial score (nSPS) is 13.0. The van der Waals surface area contributed by atoms with Gasteiger partial charge >= 0.3 is 6.03 Å². The van der Waals surface area contributed by atoms with Crippen molar-refractivity contribution >= 4 is 35.2 Å². The first kappa shape index (κ1) is 23.6. The molecule has 1 aliphatic heterocycles. The highest BCUT2D eigenvalue weighted by molar-refractivity contribution is 7.98. The topological polar surface area (TPSA) is 87.2 Å². The minimum absolute atomic E-state index is 0.0356. The maximum absolute atomic E-state index is 14.7. The number of rotatable bonds is 5. The zero-order chi connectivity index (χ0) is 24.6. The van der Waals surface area contributed by atoms with Crippen molar-refractivity contribution in [2.45, 2.75) is 38.5 Å². The molecule has 0 bridgehead atoms. The Bertz CT molecular complexity index is 1280. The summed E-state index contributed by atoms with van der Waals surface area (Å²) in [6, 6.07) is 7.92. The number of anilines is 2. The summed E-state index contributed by atoms with van der Waals surface area (Å²) in [4.78, 5) is 35.4. The number of aryl methyl sites for hydroxylation is 1. The Balaban J connectivity index is 1.94. The number of para-hydroxylation sites is 1. The Morgan fingerprint density at radius 3 is 2.53 bits per heavy atom. The van der Waals surface area contributed by atoms with Crippen molar-refractivity contribution in [1.29, 1.82) is 0 Å². The fourth-order valence-electron chi connectivity index (χ4n) is 3.73. The molecule has 2 heterocycles. The lowest BCUT2D eigenvalue weighted by molar-refractivity contribution is 0.0943. The number of aromatic nitrogens is 2. The summed E-state index contributed by atoms with van der Waals surface area (Å²) < 4.78 is 29.3. The Hall–Kier alpha value is -3.53. The Morgan fingerprint density at radius 1 is 1.18 bits per heavy atom. The SMILES string of the molecule is CSc1nc(-c2cc(C(=O)NC(C)C)ccc2C)c2c(n1)N(c1c(F)cccc1F)C(=O)NC2. The van der Waals surface area contributed by atoms with Gasteiger partial charge in [-0.25, -0.2) is 28.4 Å². The van der Waals surface area contributed by atoms with E-state index in [0.29, 0.717) is 27.5 Å². The standard InChI is InChI=1S/C24H23F2N5O2S/c1-12(2)28-22(32)14-9-8-13(3)15(10-14)19-16-11-27-24(33)31(21(16)30-23(29-19)34-4)20-17(25)6-5-7-18(20)26/h5-10,12H,11H2,1-4H3,(H,27,33)(H,28,32). The average molecular weight is 484 g/mol. The first-order valence-corrected chi connectivity index (χ1v) is 11.8. The van der Waals surface area contributed by atoms with Crippen molar-refractivity contribution in [2.75, 3.05) is 11.2 Å². The van der Waals surface area contributed by atoms with Crippen LogP contribution in [0.25, 0.3) is 11.3 Å². The fraction of sp³-hybridized carbons (Fsp3) is 0.250. The zero-order valence-corrected chi connectivity index (χ0v) is 19.9. The first-order chi connectivity index (χ1) is 16.2. The Morgan fingerprint density at radius 2 is 1.88 bits per heavy atom. The molecule has 176 valence electrons. The largest absolute Gasteiger partial charge is 0.350 e. The molecule has 1 aromatic heterocycles. The second-order valence-electron chi connectivity index (χ2n) is 8.08. The lowest BCUT2D eigenvalue weighted by atomic mass is 9.97. The van der Waals surface area contributed by atoms with Crippen LogP contribution in [0, 0.1) is 18.6 Å². The van der Waals surface area contributed by atoms with Gasteiger partial charge in [-0.1, -0.05) is 23.9 Å². The van der Waals surface area contributed by atoms with E-state index < -0.39 is 23.4 Å². The number of hydrogen-bond donors (Lipinski definition) is 2. The number of fused-ring (bicyclic) bond motifs is 1. The first-order valence-electron chi connectivity index (χ1n) is 10.6. The van der Waals surface area contributed by atoms with Crippen molar-refractivity contribution in [3.05, 3.63) is 64.7 Å². The van der Waals surface area contributed by atoms with Gasteiger partial charge < -0.3 is 10.6 Å². The molecule has 0 saturated heterocycles. The van der Waals surface area contributed by atoms with Gasteiger partial charge in [0.25, 0.3) is 5.91 Å². The molecule has 7 nitrogen and oxygen atoms in total. The predicted octanol–water partition coefficient (Wildman–Crippen LogP) is 4.95. The van der Waals surface area contributed by atoms with Gasteiger partial charge in [-0.3, -0.25) is 4.79 Å². The highest BCUT2D eigenvalue weighted by Gasteiger charge is 2.34. The minimum Gasteiger partial charge on any atom is -0.350 e. The molecule has 0 spiro atoms. The van der Waals surface area contributed by atoms with Gasteiger partial charge in [-0.2, -0.15) is 0 Å². The van der Waals surface area contributed by atoms with Gasteiger partial charge in [-0.15, -0.1) is 0 Å². The molecule has 10 heteroatoms. The van der Waals surface area contributed by atoms with Gasteiger partial charge in [-0.05, 0) is 56.9 Å². The van der Waals surface area contributed by atoms with E-state index in [1.54, 1.807) is 18.4 Å². The molecule has 4 rings (SSSR count). The van der Waals surface area contributed by atoms with E-state index in [2.05, 4.69) is 20.6 Å². The van der Waals surface area contributed by atoms with Crippen LogP contribution in [0.15, 0.2) is 41.6 Å². The summed E-state index contributed by atoms with van der Waals surface area (Å²) in [5, 5.41) is 5.84. The molecule has 0 aliphatic carbocycles. The molecule has 0 atom stereocenters. The van der Waals surface area contributed by atoms with Crippen LogP contribution in [0.5, 0.6) is 0 Å². The van der Waals surface area contributed by atoms with Gasteiger partial charge in [0.1, 0.15) is 17.3 Å². The highest BCUT2D eigenvalue weighted by atomic mass is 32.2.